The molecule has 0 fully saturated rings. The largest absolute Gasteiger partial charge is 2.00 e. The maximum Gasteiger partial charge on any atom is 2.00 e. The van der Waals surface area contributed by atoms with Gasteiger partial charge in [0.05, 0.1) is 5.69 Å². The number of phenolic OH excluding ortho intramolecular Hbond substituents is 1. The Morgan fingerprint density at radius 1 is 0.708 bits per heavy atom. The van der Waals surface area contributed by atoms with Gasteiger partial charge >= 0.3 is 21.7 Å². The number of aliphatic imine (C=N–C) groups is 1. The summed E-state index contributed by atoms with van der Waals surface area (Å²) < 4.78 is 0. The normalized spacial score (nSPS) is 9.50. The number of benzene rings is 3. The zero-order chi connectivity index (χ0) is 14.5. The van der Waals surface area contributed by atoms with Crippen LogP contribution in [0.1, 0.15) is 5.56 Å². The summed E-state index contributed by atoms with van der Waals surface area (Å²) in [6.07, 6.45) is 1.69. The van der Waals surface area contributed by atoms with E-state index in [9.17, 15) is 5.11 Å². The minimum absolute atomic E-state index is 0. The van der Waals surface area contributed by atoms with Crippen molar-refractivity contribution in [3.8, 4) is 16.9 Å². The molecule has 3 heteroatoms. The molecule has 0 aliphatic carbocycles. The van der Waals surface area contributed by atoms with Gasteiger partial charge in [0.2, 0.25) is 0 Å². The molecule has 0 aromatic heterocycles. The van der Waals surface area contributed by atoms with Crippen LogP contribution < -0.4 is 0 Å². The number of aromatic hydroxyl groups is 1. The predicted molar refractivity (Wildman–Crippen MR) is 100 cm³/mol. The van der Waals surface area contributed by atoms with E-state index in [2.05, 4.69) is 4.99 Å². The number of hydrogen-bond donors (Lipinski definition) is 1. The number of phenols is 1. The molecular weight excluding hydrogens is 330 g/mol. The van der Waals surface area contributed by atoms with E-state index < -0.39 is 0 Å². The van der Waals surface area contributed by atoms with Crippen LogP contribution in [0, 0.1) is 14.9 Å². The van der Waals surface area contributed by atoms with E-state index in [0.717, 1.165) is 16.8 Å². The van der Waals surface area contributed by atoms with Crippen LogP contribution in [0.4, 0.5) is 5.69 Å². The molecule has 120 valence electrons. The molecule has 0 saturated heterocycles. The zero-order valence-corrected chi connectivity index (χ0v) is 15.5. The van der Waals surface area contributed by atoms with Gasteiger partial charge in [-0.05, 0) is 23.8 Å². The fourth-order valence-corrected chi connectivity index (χ4v) is 2.17. The van der Waals surface area contributed by atoms with Crippen molar-refractivity contribution in [2.45, 2.75) is 0 Å². The van der Waals surface area contributed by atoms with Gasteiger partial charge in [0, 0.05) is 17.3 Å². The van der Waals surface area contributed by atoms with E-state index in [1.807, 2.05) is 78.9 Å². The first kappa shape index (κ1) is 21.8. The van der Waals surface area contributed by atoms with Gasteiger partial charge in [0.15, 0.2) is 0 Å². The first-order valence-electron chi connectivity index (χ1n) is 6.81. The van der Waals surface area contributed by atoms with Crippen LogP contribution in [0.2, 0.25) is 0 Å². The van der Waals surface area contributed by atoms with Crippen molar-refractivity contribution in [3.05, 3.63) is 99.3 Å². The van der Waals surface area contributed by atoms with Gasteiger partial charge in [-0.1, -0.05) is 60.7 Å². The first-order chi connectivity index (χ1) is 10.3. The molecule has 0 radical (unpaired) electrons. The minimum Gasteiger partial charge on any atom is -0.507 e. The standard InChI is InChI=1S/C19H15NO.2CH3.Ti/c21-19-16(14-20-17-11-5-2-6-12-17)10-7-13-18(19)15-8-3-1-4-9-15;;;/h1-14,21H;2*1H3;/q;2*-1;+2. The Bertz CT molecular complexity index is 755. The van der Waals surface area contributed by atoms with Crippen LogP contribution in [-0.4, -0.2) is 11.3 Å². The summed E-state index contributed by atoms with van der Waals surface area (Å²) in [5.41, 5.74) is 3.37. The second-order valence-corrected chi connectivity index (χ2v) is 4.70. The molecule has 24 heavy (non-hydrogen) atoms. The quantitative estimate of drug-likeness (QED) is 0.366. The number of hydrogen-bond acceptors (Lipinski definition) is 2. The van der Waals surface area contributed by atoms with E-state index in [1.165, 1.54) is 0 Å². The average Bonchev–Trinajstić information content (AvgIpc) is 2.56. The molecule has 0 atom stereocenters. The van der Waals surface area contributed by atoms with Crippen LogP contribution in [0.25, 0.3) is 11.1 Å². The fourth-order valence-electron chi connectivity index (χ4n) is 2.17. The van der Waals surface area contributed by atoms with Gasteiger partial charge in [0.25, 0.3) is 0 Å². The van der Waals surface area contributed by atoms with Gasteiger partial charge in [-0.15, -0.1) is 0 Å². The summed E-state index contributed by atoms with van der Waals surface area (Å²) in [5.74, 6) is 0.253. The molecular formula is C21H21NOTi. The molecule has 1 N–H and O–H groups in total. The summed E-state index contributed by atoms with van der Waals surface area (Å²) in [5, 5.41) is 10.4. The summed E-state index contributed by atoms with van der Waals surface area (Å²) in [7, 11) is 0. The Labute approximate surface area is 159 Å². The molecule has 3 aromatic carbocycles. The van der Waals surface area contributed by atoms with Crippen molar-refractivity contribution < 1.29 is 26.8 Å². The monoisotopic (exact) mass is 351 g/mol. The third-order valence-corrected chi connectivity index (χ3v) is 3.26. The Hall–Kier alpha value is -2.16. The molecule has 0 unspecified atom stereocenters. The van der Waals surface area contributed by atoms with E-state index in [4.69, 9.17) is 0 Å². The third kappa shape index (κ3) is 5.19. The molecule has 2 nitrogen and oxygen atoms in total. The van der Waals surface area contributed by atoms with Crippen molar-refractivity contribution in [2.75, 3.05) is 0 Å². The number of rotatable bonds is 3. The molecule has 3 aromatic rings. The zero-order valence-electron chi connectivity index (χ0n) is 14.0. The molecule has 0 aliphatic heterocycles. The molecule has 0 aliphatic rings. The maximum atomic E-state index is 10.4. The molecule has 0 saturated carbocycles. The smallest absolute Gasteiger partial charge is 0.507 e. The Morgan fingerprint density at radius 2 is 1.29 bits per heavy atom. The van der Waals surface area contributed by atoms with Crippen LogP contribution in [0.15, 0.2) is 83.9 Å². The third-order valence-electron chi connectivity index (χ3n) is 3.26. The molecule has 0 spiro atoms. The summed E-state index contributed by atoms with van der Waals surface area (Å²) in [6.45, 7) is 0. The number of para-hydroxylation sites is 2. The maximum absolute atomic E-state index is 10.4. The minimum atomic E-state index is 0. The van der Waals surface area contributed by atoms with Crippen molar-refractivity contribution in [2.24, 2.45) is 4.99 Å². The first-order valence-corrected chi connectivity index (χ1v) is 6.81. The second-order valence-electron chi connectivity index (χ2n) is 4.70. The van der Waals surface area contributed by atoms with E-state index in [0.29, 0.717) is 5.56 Å². The average molecular weight is 351 g/mol. The van der Waals surface area contributed by atoms with Gasteiger partial charge in [-0.3, -0.25) is 4.99 Å². The van der Waals surface area contributed by atoms with Gasteiger partial charge in [-0.25, -0.2) is 0 Å². The summed E-state index contributed by atoms with van der Waals surface area (Å²) >= 11 is 0. The van der Waals surface area contributed by atoms with E-state index >= 15 is 0 Å². The molecule has 0 heterocycles. The number of nitrogens with zero attached hydrogens (tertiary/aromatic N) is 1. The molecule has 3 rings (SSSR count). The Balaban J connectivity index is 0.00000176. The van der Waals surface area contributed by atoms with Crippen molar-refractivity contribution >= 4 is 11.9 Å². The second kappa shape index (κ2) is 10.6. The van der Waals surface area contributed by atoms with Gasteiger partial charge < -0.3 is 20.0 Å². The fraction of sp³-hybridized carbons (Fsp3) is 0. The van der Waals surface area contributed by atoms with Crippen molar-refractivity contribution in [1.29, 1.82) is 0 Å². The van der Waals surface area contributed by atoms with Crippen LogP contribution in [-0.2, 0) is 21.7 Å². The SMILES string of the molecule is Oc1c(C=Nc2ccccc2)cccc1-c1ccccc1.[CH3-].[CH3-].[Ti+2]. The van der Waals surface area contributed by atoms with E-state index in [1.54, 1.807) is 6.21 Å². The topological polar surface area (TPSA) is 32.6 Å². The van der Waals surface area contributed by atoms with Gasteiger partial charge in [0.1, 0.15) is 5.75 Å². The molecule has 0 amide bonds. The Kier molecular flexibility index (Phi) is 9.64. The molecule has 0 bridgehead atoms. The van der Waals surface area contributed by atoms with Crippen LogP contribution in [0.3, 0.4) is 0 Å². The van der Waals surface area contributed by atoms with E-state index in [-0.39, 0.29) is 42.3 Å². The van der Waals surface area contributed by atoms with Crippen molar-refractivity contribution in [3.63, 3.8) is 0 Å². The van der Waals surface area contributed by atoms with Crippen molar-refractivity contribution in [1.82, 2.24) is 0 Å². The van der Waals surface area contributed by atoms with Crippen LogP contribution in [0.5, 0.6) is 5.75 Å². The van der Waals surface area contributed by atoms with Crippen LogP contribution >= 0.6 is 0 Å². The van der Waals surface area contributed by atoms with Gasteiger partial charge in [-0.2, -0.15) is 0 Å². The Morgan fingerprint density at radius 3 is 1.92 bits per heavy atom. The predicted octanol–water partition coefficient (Wildman–Crippen LogP) is 5.71. The summed E-state index contributed by atoms with van der Waals surface area (Å²) in [4.78, 5) is 4.39. The summed E-state index contributed by atoms with van der Waals surface area (Å²) in [6, 6.07) is 25.2.